The summed E-state index contributed by atoms with van der Waals surface area (Å²) in [7, 11) is -3.92. The van der Waals surface area contributed by atoms with Crippen molar-refractivity contribution in [3.8, 4) is 0 Å². The van der Waals surface area contributed by atoms with Crippen LogP contribution in [0.1, 0.15) is 28.7 Å². The number of nitrogens with zero attached hydrogens (tertiary/aromatic N) is 1. The number of hydrogen-bond donors (Lipinski definition) is 1. The van der Waals surface area contributed by atoms with E-state index in [0.717, 1.165) is 45.2 Å². The molecule has 0 atom stereocenters. The number of thioether (sulfide) groups is 1. The van der Waals surface area contributed by atoms with Crippen LogP contribution >= 0.6 is 23.4 Å². The van der Waals surface area contributed by atoms with E-state index in [1.165, 1.54) is 4.31 Å². The number of sulfonamides is 1. The second kappa shape index (κ2) is 12.5. The summed E-state index contributed by atoms with van der Waals surface area (Å²) in [6.07, 6.45) is 0.783. The average molecular weight is 531 g/mol. The van der Waals surface area contributed by atoms with Gasteiger partial charge < -0.3 is 5.32 Å². The maximum absolute atomic E-state index is 13.6. The monoisotopic (exact) mass is 530 g/mol. The summed E-state index contributed by atoms with van der Waals surface area (Å²) < 4.78 is 28.3. The minimum absolute atomic E-state index is 0.161. The van der Waals surface area contributed by atoms with E-state index in [4.69, 9.17) is 11.6 Å². The molecule has 0 aliphatic carbocycles. The molecular weight excluding hydrogens is 500 g/mol. The summed E-state index contributed by atoms with van der Waals surface area (Å²) in [6.45, 7) is 5.90. The highest BCUT2D eigenvalue weighted by Crippen LogP contribution is 2.28. The first-order chi connectivity index (χ1) is 16.7. The fraction of sp³-hybridized carbons (Fsp3) is 0.296. The molecule has 3 aromatic rings. The Balaban J connectivity index is 1.63. The molecule has 186 valence electrons. The highest BCUT2D eigenvalue weighted by atomic mass is 35.5. The summed E-state index contributed by atoms with van der Waals surface area (Å²) >= 11 is 7.79. The Bertz CT molecular complexity index is 1260. The summed E-state index contributed by atoms with van der Waals surface area (Å²) in [5.41, 5.74) is 4.43. The van der Waals surface area contributed by atoms with Crippen LogP contribution in [0.2, 0.25) is 5.02 Å². The molecule has 3 rings (SSSR count). The van der Waals surface area contributed by atoms with E-state index >= 15 is 0 Å². The molecule has 0 aromatic heterocycles. The van der Waals surface area contributed by atoms with E-state index in [9.17, 15) is 13.2 Å². The molecule has 0 radical (unpaired) electrons. The van der Waals surface area contributed by atoms with Gasteiger partial charge in [0.05, 0.1) is 10.6 Å². The fourth-order valence-electron chi connectivity index (χ4n) is 3.55. The van der Waals surface area contributed by atoms with Crippen LogP contribution in [-0.2, 0) is 20.6 Å². The number of hydrogen-bond acceptors (Lipinski definition) is 4. The quantitative estimate of drug-likeness (QED) is 0.313. The van der Waals surface area contributed by atoms with Gasteiger partial charge in [0.15, 0.2) is 0 Å². The van der Waals surface area contributed by atoms with Crippen molar-refractivity contribution in [1.82, 2.24) is 5.32 Å². The topological polar surface area (TPSA) is 66.5 Å². The number of aryl methyl sites for hydroxylation is 2. The molecule has 0 bridgehead atoms. The third-order valence-corrected chi connectivity index (χ3v) is 8.81. The van der Waals surface area contributed by atoms with Crippen LogP contribution < -0.4 is 9.62 Å². The predicted octanol–water partition coefficient (Wildman–Crippen LogP) is 5.90. The minimum atomic E-state index is -3.92. The van der Waals surface area contributed by atoms with Gasteiger partial charge in [0, 0.05) is 17.3 Å². The molecule has 0 heterocycles. The van der Waals surface area contributed by atoms with Crippen LogP contribution in [0.25, 0.3) is 0 Å². The lowest BCUT2D eigenvalue weighted by molar-refractivity contribution is -0.119. The summed E-state index contributed by atoms with van der Waals surface area (Å²) in [5, 5.41) is 3.60. The summed E-state index contributed by atoms with van der Waals surface area (Å²) in [6, 6.07) is 19.9. The Kier molecular flexibility index (Phi) is 9.66. The Morgan fingerprint density at radius 2 is 1.71 bits per heavy atom. The average Bonchev–Trinajstić information content (AvgIpc) is 2.82. The molecule has 1 N–H and O–H groups in total. The van der Waals surface area contributed by atoms with Crippen molar-refractivity contribution in [2.75, 3.05) is 23.1 Å². The Labute approximate surface area is 217 Å². The van der Waals surface area contributed by atoms with E-state index < -0.39 is 10.0 Å². The molecule has 0 spiro atoms. The Morgan fingerprint density at radius 1 is 1.00 bits per heavy atom. The zero-order chi connectivity index (χ0) is 25.4. The highest BCUT2D eigenvalue weighted by Gasteiger charge is 2.28. The van der Waals surface area contributed by atoms with Gasteiger partial charge in [-0.15, -0.1) is 0 Å². The molecule has 0 fully saturated rings. The van der Waals surface area contributed by atoms with Gasteiger partial charge in [0.1, 0.15) is 6.54 Å². The van der Waals surface area contributed by atoms with Crippen LogP contribution in [0.15, 0.2) is 71.6 Å². The smallest absolute Gasteiger partial charge is 0.264 e. The molecular formula is C27H31ClN2O3S2. The van der Waals surface area contributed by atoms with Gasteiger partial charge in [-0.25, -0.2) is 8.42 Å². The van der Waals surface area contributed by atoms with Crippen LogP contribution in [0.5, 0.6) is 0 Å². The fourth-order valence-corrected chi connectivity index (χ4v) is 6.15. The van der Waals surface area contributed by atoms with Gasteiger partial charge in [-0.05, 0) is 80.0 Å². The molecule has 1 amide bonds. The summed E-state index contributed by atoms with van der Waals surface area (Å²) in [5.74, 6) is 1.39. The predicted molar refractivity (Wildman–Crippen MR) is 147 cm³/mol. The van der Waals surface area contributed by atoms with E-state index in [1.54, 1.807) is 42.1 Å². The first-order valence-electron chi connectivity index (χ1n) is 11.4. The lowest BCUT2D eigenvalue weighted by Gasteiger charge is -2.26. The molecule has 0 unspecified atom stereocenters. The number of benzene rings is 3. The zero-order valence-corrected chi connectivity index (χ0v) is 22.6. The van der Waals surface area contributed by atoms with Crippen LogP contribution in [-0.4, -0.2) is 33.2 Å². The van der Waals surface area contributed by atoms with E-state index in [1.807, 2.05) is 57.2 Å². The maximum Gasteiger partial charge on any atom is 0.264 e. The molecule has 35 heavy (non-hydrogen) atoms. The molecule has 0 saturated heterocycles. The molecule has 3 aromatic carbocycles. The molecule has 0 saturated carbocycles. The molecule has 0 aliphatic rings. The van der Waals surface area contributed by atoms with Crippen LogP contribution in [0.4, 0.5) is 5.69 Å². The third kappa shape index (κ3) is 7.50. The Morgan fingerprint density at radius 3 is 2.43 bits per heavy atom. The van der Waals surface area contributed by atoms with E-state index in [-0.39, 0.29) is 17.3 Å². The third-order valence-electron chi connectivity index (χ3n) is 5.69. The van der Waals surface area contributed by atoms with Gasteiger partial charge in [-0.2, -0.15) is 11.8 Å². The van der Waals surface area contributed by atoms with Crippen LogP contribution in [0.3, 0.4) is 0 Å². The van der Waals surface area contributed by atoms with Crippen molar-refractivity contribution < 1.29 is 13.2 Å². The standard InChI is InChI=1S/C27H31ClN2O3S2/c1-20-11-13-25(14-12-20)35(32,33)30(26-10-4-7-21(2)22(26)3)18-27(31)29-15-6-16-34-19-23-8-5-9-24(28)17-23/h4-5,7-14,17H,6,15-16,18-19H2,1-3H3,(H,29,31). The Hall–Kier alpha value is -2.48. The van der Waals surface area contributed by atoms with Gasteiger partial charge in [0.25, 0.3) is 10.0 Å². The number of carbonyl (C=O) groups is 1. The van der Waals surface area contributed by atoms with Crippen molar-refractivity contribution in [2.24, 2.45) is 0 Å². The van der Waals surface area contributed by atoms with Crippen molar-refractivity contribution >= 4 is 45.0 Å². The van der Waals surface area contributed by atoms with E-state index in [2.05, 4.69) is 5.32 Å². The first kappa shape index (κ1) is 27.1. The first-order valence-corrected chi connectivity index (χ1v) is 14.4. The van der Waals surface area contributed by atoms with Gasteiger partial charge in [0.2, 0.25) is 5.91 Å². The number of nitrogens with one attached hydrogen (secondary N) is 1. The largest absolute Gasteiger partial charge is 0.354 e. The van der Waals surface area contributed by atoms with Crippen LogP contribution in [0, 0.1) is 20.8 Å². The second-order valence-corrected chi connectivity index (χ2v) is 11.8. The SMILES string of the molecule is Cc1ccc(S(=O)(=O)N(CC(=O)NCCCSCc2cccc(Cl)c2)c2cccc(C)c2C)cc1. The van der Waals surface area contributed by atoms with Crippen molar-refractivity contribution in [3.05, 3.63) is 94.0 Å². The van der Waals surface area contributed by atoms with Crippen molar-refractivity contribution in [2.45, 2.75) is 37.8 Å². The normalized spacial score (nSPS) is 11.3. The zero-order valence-electron chi connectivity index (χ0n) is 20.3. The lowest BCUT2D eigenvalue weighted by Crippen LogP contribution is -2.41. The molecule has 0 aliphatic heterocycles. The molecule has 8 heteroatoms. The highest BCUT2D eigenvalue weighted by molar-refractivity contribution is 7.98. The maximum atomic E-state index is 13.6. The van der Waals surface area contributed by atoms with Crippen molar-refractivity contribution in [3.63, 3.8) is 0 Å². The second-order valence-electron chi connectivity index (χ2n) is 8.43. The van der Waals surface area contributed by atoms with Gasteiger partial charge in [-0.1, -0.05) is 53.6 Å². The van der Waals surface area contributed by atoms with Gasteiger partial charge >= 0.3 is 0 Å². The number of carbonyl (C=O) groups excluding carboxylic acids is 1. The molecule has 5 nitrogen and oxygen atoms in total. The summed E-state index contributed by atoms with van der Waals surface area (Å²) in [4.78, 5) is 13.0. The lowest BCUT2D eigenvalue weighted by atomic mass is 10.1. The van der Waals surface area contributed by atoms with Crippen molar-refractivity contribution in [1.29, 1.82) is 0 Å². The number of rotatable bonds is 11. The number of anilines is 1. The number of halogens is 1. The number of amides is 1. The minimum Gasteiger partial charge on any atom is -0.354 e. The van der Waals surface area contributed by atoms with E-state index in [0.29, 0.717) is 12.2 Å². The van der Waals surface area contributed by atoms with Gasteiger partial charge in [-0.3, -0.25) is 9.10 Å².